The molecule has 21 heavy (non-hydrogen) atoms. The number of hydrogen-bond donors (Lipinski definition) is 1. The van der Waals surface area contributed by atoms with Crippen LogP contribution in [0.1, 0.15) is 35.5 Å². The summed E-state index contributed by atoms with van der Waals surface area (Å²) in [6.45, 7) is 6.90. The van der Waals surface area contributed by atoms with E-state index in [4.69, 9.17) is 4.74 Å². The second kappa shape index (κ2) is 6.76. The van der Waals surface area contributed by atoms with Crippen LogP contribution in [0.15, 0.2) is 24.3 Å². The molecule has 0 bridgehead atoms. The van der Waals surface area contributed by atoms with Gasteiger partial charge in [-0.1, -0.05) is 12.1 Å². The Morgan fingerprint density at radius 3 is 2.38 bits per heavy atom. The highest BCUT2D eigenvalue weighted by Crippen LogP contribution is 2.24. The molecule has 1 unspecified atom stereocenters. The Labute approximate surface area is 127 Å². The van der Waals surface area contributed by atoms with E-state index in [2.05, 4.69) is 36.4 Å². The molecule has 2 aromatic rings. The number of ether oxygens (including phenoxy) is 1. The van der Waals surface area contributed by atoms with Gasteiger partial charge in [0.25, 0.3) is 0 Å². The van der Waals surface area contributed by atoms with Crippen molar-refractivity contribution in [2.24, 2.45) is 7.05 Å². The zero-order valence-electron chi connectivity index (χ0n) is 13.6. The van der Waals surface area contributed by atoms with Crippen molar-refractivity contribution >= 4 is 0 Å². The second-order valence-electron chi connectivity index (χ2n) is 5.32. The lowest BCUT2D eigenvalue weighted by atomic mass is 9.98. The third kappa shape index (κ3) is 3.45. The predicted molar refractivity (Wildman–Crippen MR) is 85.8 cm³/mol. The first-order chi connectivity index (χ1) is 10.1. The highest BCUT2D eigenvalue weighted by molar-refractivity contribution is 5.32. The van der Waals surface area contributed by atoms with E-state index < -0.39 is 0 Å². The van der Waals surface area contributed by atoms with Gasteiger partial charge in [-0.25, -0.2) is 0 Å². The van der Waals surface area contributed by atoms with Gasteiger partial charge in [0.2, 0.25) is 0 Å². The average Bonchev–Trinajstić information content (AvgIpc) is 2.72. The van der Waals surface area contributed by atoms with Crippen molar-refractivity contribution in [1.82, 2.24) is 15.1 Å². The number of aryl methyl sites for hydroxylation is 2. The minimum atomic E-state index is 0.280. The highest BCUT2D eigenvalue weighted by Gasteiger charge is 2.16. The van der Waals surface area contributed by atoms with E-state index in [0.717, 1.165) is 17.9 Å². The lowest BCUT2D eigenvalue weighted by Gasteiger charge is -2.17. The molecule has 0 fully saturated rings. The normalized spacial score (nSPS) is 12.4. The summed E-state index contributed by atoms with van der Waals surface area (Å²) in [4.78, 5) is 0. The van der Waals surface area contributed by atoms with Crippen molar-refractivity contribution < 1.29 is 4.74 Å². The monoisotopic (exact) mass is 287 g/mol. The first-order valence-electron chi connectivity index (χ1n) is 7.45. The van der Waals surface area contributed by atoms with E-state index >= 15 is 0 Å². The van der Waals surface area contributed by atoms with E-state index in [1.54, 1.807) is 0 Å². The minimum absolute atomic E-state index is 0.280. The molecule has 1 heterocycles. The molecule has 0 amide bonds. The highest BCUT2D eigenvalue weighted by atomic mass is 16.5. The Morgan fingerprint density at radius 1 is 1.24 bits per heavy atom. The summed E-state index contributed by atoms with van der Waals surface area (Å²) < 4.78 is 7.45. The van der Waals surface area contributed by atoms with E-state index in [1.165, 1.54) is 16.8 Å². The van der Waals surface area contributed by atoms with Crippen LogP contribution in [0.4, 0.5) is 0 Å². The Bertz CT molecular complexity index is 587. The first kappa shape index (κ1) is 15.6. The van der Waals surface area contributed by atoms with Crippen molar-refractivity contribution in [3.8, 4) is 5.75 Å². The zero-order valence-corrected chi connectivity index (χ0v) is 13.6. The van der Waals surface area contributed by atoms with Crippen LogP contribution in [0, 0.1) is 13.8 Å². The molecule has 1 atom stereocenters. The molecule has 0 spiro atoms. The summed E-state index contributed by atoms with van der Waals surface area (Å²) in [7, 11) is 4.00. The van der Waals surface area contributed by atoms with Gasteiger partial charge in [0.1, 0.15) is 5.75 Å². The van der Waals surface area contributed by atoms with E-state index in [0.29, 0.717) is 6.61 Å². The van der Waals surface area contributed by atoms with Crippen LogP contribution in [0.5, 0.6) is 5.75 Å². The molecule has 4 heteroatoms. The molecule has 2 rings (SSSR count). The molecule has 1 N–H and O–H groups in total. The second-order valence-corrected chi connectivity index (χ2v) is 5.32. The van der Waals surface area contributed by atoms with Gasteiger partial charge < -0.3 is 10.1 Å². The van der Waals surface area contributed by atoms with Crippen LogP contribution in [-0.2, 0) is 13.5 Å². The van der Waals surface area contributed by atoms with Gasteiger partial charge in [0.05, 0.1) is 12.3 Å². The molecule has 0 aliphatic rings. The van der Waals surface area contributed by atoms with Gasteiger partial charge in [0.15, 0.2) is 0 Å². The number of nitrogens with zero attached hydrogens (tertiary/aromatic N) is 2. The molecule has 1 aromatic heterocycles. The summed E-state index contributed by atoms with van der Waals surface area (Å²) >= 11 is 0. The summed E-state index contributed by atoms with van der Waals surface area (Å²) in [5.74, 6) is 0.921. The number of aromatic nitrogens is 2. The van der Waals surface area contributed by atoms with Gasteiger partial charge in [-0.05, 0) is 57.5 Å². The van der Waals surface area contributed by atoms with Gasteiger partial charge in [-0.3, -0.25) is 4.68 Å². The Kier molecular flexibility index (Phi) is 5.02. The standard InChI is InChI=1S/C17H25N3O/c1-6-21-15-9-7-14(8-10-15)17(18-4)11-16-12(2)19-20(5)13(16)3/h7-10,17-18H,6,11H2,1-5H3. The van der Waals surface area contributed by atoms with Crippen LogP contribution >= 0.6 is 0 Å². The molecule has 4 nitrogen and oxygen atoms in total. The number of hydrogen-bond acceptors (Lipinski definition) is 3. The Hall–Kier alpha value is -1.81. The number of nitrogens with one attached hydrogen (secondary N) is 1. The molecule has 0 saturated carbocycles. The lowest BCUT2D eigenvalue weighted by molar-refractivity contribution is 0.340. The Balaban J connectivity index is 2.19. The molecule has 0 aliphatic heterocycles. The Morgan fingerprint density at radius 2 is 1.90 bits per heavy atom. The van der Waals surface area contributed by atoms with E-state index in [9.17, 15) is 0 Å². The van der Waals surface area contributed by atoms with Gasteiger partial charge >= 0.3 is 0 Å². The van der Waals surface area contributed by atoms with Gasteiger partial charge in [0, 0.05) is 18.8 Å². The molecule has 114 valence electrons. The number of rotatable bonds is 6. The van der Waals surface area contributed by atoms with Crippen molar-refractivity contribution in [1.29, 1.82) is 0 Å². The lowest BCUT2D eigenvalue weighted by Crippen LogP contribution is -2.19. The third-order valence-corrected chi connectivity index (χ3v) is 4.01. The maximum Gasteiger partial charge on any atom is 0.119 e. The molecule has 0 saturated heterocycles. The van der Waals surface area contributed by atoms with Crippen molar-refractivity contribution in [2.45, 2.75) is 33.2 Å². The molecule has 0 aliphatic carbocycles. The fraction of sp³-hybridized carbons (Fsp3) is 0.471. The van der Waals surface area contributed by atoms with Crippen LogP contribution in [0.2, 0.25) is 0 Å². The summed E-state index contributed by atoms with van der Waals surface area (Å²) in [6, 6.07) is 8.61. The fourth-order valence-electron chi connectivity index (χ4n) is 2.67. The van der Waals surface area contributed by atoms with Crippen molar-refractivity contribution in [3.05, 3.63) is 46.8 Å². The van der Waals surface area contributed by atoms with Crippen LogP contribution in [0.25, 0.3) is 0 Å². The molecular formula is C17H25N3O. The summed E-state index contributed by atoms with van der Waals surface area (Å²) in [5, 5.41) is 7.90. The van der Waals surface area contributed by atoms with Crippen LogP contribution < -0.4 is 10.1 Å². The number of likely N-dealkylation sites (N-methyl/N-ethyl adjacent to an activating group) is 1. The minimum Gasteiger partial charge on any atom is -0.494 e. The van der Waals surface area contributed by atoms with Gasteiger partial charge in [-0.15, -0.1) is 0 Å². The van der Waals surface area contributed by atoms with Crippen molar-refractivity contribution in [3.63, 3.8) is 0 Å². The largest absolute Gasteiger partial charge is 0.494 e. The third-order valence-electron chi connectivity index (χ3n) is 4.01. The summed E-state index contributed by atoms with van der Waals surface area (Å²) in [6.07, 6.45) is 0.940. The molecule has 0 radical (unpaired) electrons. The molecule has 1 aromatic carbocycles. The SMILES string of the molecule is CCOc1ccc(C(Cc2c(C)nn(C)c2C)NC)cc1. The maximum atomic E-state index is 5.50. The van der Waals surface area contributed by atoms with Gasteiger partial charge in [-0.2, -0.15) is 5.10 Å². The quantitative estimate of drug-likeness (QED) is 0.888. The number of benzene rings is 1. The average molecular weight is 287 g/mol. The van der Waals surface area contributed by atoms with Crippen LogP contribution in [0.3, 0.4) is 0 Å². The summed E-state index contributed by atoms with van der Waals surface area (Å²) in [5.41, 5.74) is 4.94. The zero-order chi connectivity index (χ0) is 15.4. The van der Waals surface area contributed by atoms with E-state index in [1.807, 2.05) is 37.8 Å². The fourth-order valence-corrected chi connectivity index (χ4v) is 2.67. The van der Waals surface area contributed by atoms with E-state index in [-0.39, 0.29) is 6.04 Å². The smallest absolute Gasteiger partial charge is 0.119 e. The van der Waals surface area contributed by atoms with Crippen molar-refractivity contribution in [2.75, 3.05) is 13.7 Å². The first-order valence-corrected chi connectivity index (χ1v) is 7.45. The molecular weight excluding hydrogens is 262 g/mol. The predicted octanol–water partition coefficient (Wildman–Crippen LogP) is 2.94. The maximum absolute atomic E-state index is 5.50. The topological polar surface area (TPSA) is 39.1 Å². The van der Waals surface area contributed by atoms with Crippen LogP contribution in [-0.4, -0.2) is 23.4 Å².